The Bertz CT molecular complexity index is 891. The van der Waals surface area contributed by atoms with Gasteiger partial charge in [-0.15, -0.1) is 0 Å². The SMILES string of the molecule is COc1cc(C=C(C#N)C#N)ccc1OCc1cccc([N+](=O)[O-])c1. The monoisotopic (exact) mass is 335 g/mol. The van der Waals surface area contributed by atoms with Crippen LogP contribution in [-0.4, -0.2) is 12.0 Å². The molecule has 0 saturated heterocycles. The fourth-order valence-electron chi connectivity index (χ4n) is 2.07. The summed E-state index contributed by atoms with van der Waals surface area (Å²) in [5, 5.41) is 28.4. The minimum absolute atomic E-state index is 0.00548. The van der Waals surface area contributed by atoms with Crippen molar-refractivity contribution in [3.8, 4) is 23.6 Å². The van der Waals surface area contributed by atoms with Crippen LogP contribution in [0.4, 0.5) is 5.69 Å². The van der Waals surface area contributed by atoms with Gasteiger partial charge < -0.3 is 9.47 Å². The molecule has 124 valence electrons. The molecule has 0 aromatic heterocycles. The zero-order valence-corrected chi connectivity index (χ0v) is 13.3. The number of allylic oxidation sites excluding steroid dienone is 1. The molecule has 0 N–H and O–H groups in total. The molecule has 0 amide bonds. The second-order valence-electron chi connectivity index (χ2n) is 4.91. The quantitative estimate of drug-likeness (QED) is 0.453. The fraction of sp³-hybridized carbons (Fsp3) is 0.111. The Labute approximate surface area is 144 Å². The van der Waals surface area contributed by atoms with E-state index in [1.807, 2.05) is 0 Å². The Kier molecular flexibility index (Phi) is 5.70. The van der Waals surface area contributed by atoms with E-state index in [-0.39, 0.29) is 17.9 Å². The standard InChI is InChI=1S/C18H13N3O4/c1-24-18-9-13(7-15(10-19)11-20)5-6-17(18)25-12-14-3-2-4-16(8-14)21(22)23/h2-9H,12H2,1H3. The Morgan fingerprint density at radius 2 is 1.96 bits per heavy atom. The molecule has 2 aromatic rings. The van der Waals surface area contributed by atoms with Crippen molar-refractivity contribution in [3.63, 3.8) is 0 Å². The summed E-state index contributed by atoms with van der Waals surface area (Å²) in [6.45, 7) is 0.134. The maximum Gasteiger partial charge on any atom is 0.269 e. The third-order valence-corrected chi connectivity index (χ3v) is 3.26. The number of nitro benzene ring substituents is 1. The number of nitro groups is 1. The molecule has 25 heavy (non-hydrogen) atoms. The lowest BCUT2D eigenvalue weighted by Gasteiger charge is -2.11. The molecule has 2 aromatic carbocycles. The second-order valence-corrected chi connectivity index (χ2v) is 4.91. The fourth-order valence-corrected chi connectivity index (χ4v) is 2.07. The molecule has 0 fully saturated rings. The van der Waals surface area contributed by atoms with Crippen molar-refractivity contribution in [2.45, 2.75) is 6.61 Å². The smallest absolute Gasteiger partial charge is 0.269 e. The molecule has 0 saturated carbocycles. The zero-order valence-electron chi connectivity index (χ0n) is 13.3. The average molecular weight is 335 g/mol. The zero-order chi connectivity index (χ0) is 18.2. The highest BCUT2D eigenvalue weighted by Gasteiger charge is 2.09. The number of rotatable bonds is 6. The molecule has 0 aliphatic heterocycles. The molecule has 0 atom stereocenters. The van der Waals surface area contributed by atoms with E-state index in [1.54, 1.807) is 42.5 Å². The molecule has 0 aliphatic rings. The Hall–Kier alpha value is -3.84. The van der Waals surface area contributed by atoms with Crippen molar-refractivity contribution in [1.82, 2.24) is 0 Å². The van der Waals surface area contributed by atoms with Crippen LogP contribution in [0.25, 0.3) is 6.08 Å². The average Bonchev–Trinajstić information content (AvgIpc) is 2.64. The minimum Gasteiger partial charge on any atom is -0.493 e. The summed E-state index contributed by atoms with van der Waals surface area (Å²) >= 11 is 0. The molecule has 0 radical (unpaired) electrons. The Morgan fingerprint density at radius 3 is 2.60 bits per heavy atom. The van der Waals surface area contributed by atoms with Crippen molar-refractivity contribution in [3.05, 3.63) is 69.3 Å². The first kappa shape index (κ1) is 17.5. The van der Waals surface area contributed by atoms with Crippen LogP contribution >= 0.6 is 0 Å². The number of hydrogen-bond donors (Lipinski definition) is 0. The van der Waals surface area contributed by atoms with E-state index in [0.29, 0.717) is 22.6 Å². The normalized spacial score (nSPS) is 9.40. The predicted molar refractivity (Wildman–Crippen MR) is 89.6 cm³/mol. The molecule has 7 heteroatoms. The molecular formula is C18H13N3O4. The molecular weight excluding hydrogens is 322 g/mol. The maximum atomic E-state index is 10.8. The van der Waals surface area contributed by atoms with Gasteiger partial charge >= 0.3 is 0 Å². The van der Waals surface area contributed by atoms with Crippen LogP contribution in [0.2, 0.25) is 0 Å². The van der Waals surface area contributed by atoms with Crippen LogP contribution in [0.3, 0.4) is 0 Å². The Morgan fingerprint density at radius 1 is 1.20 bits per heavy atom. The highest BCUT2D eigenvalue weighted by atomic mass is 16.6. The van der Waals surface area contributed by atoms with E-state index in [9.17, 15) is 10.1 Å². The summed E-state index contributed by atoms with van der Waals surface area (Å²) < 4.78 is 10.9. The summed E-state index contributed by atoms with van der Waals surface area (Å²) in [5.41, 5.74) is 1.25. The van der Waals surface area contributed by atoms with Crippen LogP contribution in [0.15, 0.2) is 48.0 Å². The first-order valence-electron chi connectivity index (χ1n) is 7.13. The number of benzene rings is 2. The van der Waals surface area contributed by atoms with Gasteiger partial charge in [0.2, 0.25) is 0 Å². The van der Waals surface area contributed by atoms with E-state index >= 15 is 0 Å². The van der Waals surface area contributed by atoms with Gasteiger partial charge in [-0.05, 0) is 29.3 Å². The van der Waals surface area contributed by atoms with E-state index in [2.05, 4.69) is 0 Å². The molecule has 7 nitrogen and oxygen atoms in total. The summed E-state index contributed by atoms with van der Waals surface area (Å²) in [6, 6.07) is 14.7. The first-order chi connectivity index (χ1) is 12.1. The molecule has 2 rings (SSSR count). The number of nitrogens with zero attached hydrogens (tertiary/aromatic N) is 3. The number of ether oxygens (including phenoxy) is 2. The predicted octanol–water partition coefficient (Wildman–Crippen LogP) is 3.61. The topological polar surface area (TPSA) is 109 Å². The van der Waals surface area contributed by atoms with Crippen LogP contribution in [0.5, 0.6) is 11.5 Å². The van der Waals surface area contributed by atoms with Gasteiger partial charge in [-0.1, -0.05) is 18.2 Å². The van der Waals surface area contributed by atoms with Crippen molar-refractivity contribution in [2.75, 3.05) is 7.11 Å². The van der Waals surface area contributed by atoms with Gasteiger partial charge in [-0.3, -0.25) is 10.1 Å². The molecule has 0 heterocycles. The number of nitriles is 2. The highest BCUT2D eigenvalue weighted by molar-refractivity contribution is 5.64. The lowest BCUT2D eigenvalue weighted by atomic mass is 10.1. The van der Waals surface area contributed by atoms with Gasteiger partial charge in [-0.2, -0.15) is 10.5 Å². The third-order valence-electron chi connectivity index (χ3n) is 3.26. The first-order valence-corrected chi connectivity index (χ1v) is 7.13. The van der Waals surface area contributed by atoms with Gasteiger partial charge in [-0.25, -0.2) is 0 Å². The van der Waals surface area contributed by atoms with Crippen LogP contribution < -0.4 is 9.47 Å². The largest absolute Gasteiger partial charge is 0.493 e. The summed E-state index contributed by atoms with van der Waals surface area (Å²) in [5.74, 6) is 0.871. The second kappa shape index (κ2) is 8.14. The lowest BCUT2D eigenvalue weighted by molar-refractivity contribution is -0.384. The van der Waals surface area contributed by atoms with Gasteiger partial charge in [0.15, 0.2) is 11.5 Å². The molecule has 0 spiro atoms. The number of methoxy groups -OCH3 is 1. The summed E-state index contributed by atoms with van der Waals surface area (Å²) in [7, 11) is 1.47. The van der Waals surface area contributed by atoms with E-state index in [0.717, 1.165) is 0 Å². The van der Waals surface area contributed by atoms with E-state index in [4.69, 9.17) is 20.0 Å². The van der Waals surface area contributed by atoms with Crippen molar-refractivity contribution in [2.24, 2.45) is 0 Å². The summed E-state index contributed by atoms with van der Waals surface area (Å²) in [4.78, 5) is 10.3. The third kappa shape index (κ3) is 4.57. The molecule has 0 aliphatic carbocycles. The van der Waals surface area contributed by atoms with Crippen LogP contribution in [0, 0.1) is 32.8 Å². The van der Waals surface area contributed by atoms with E-state index < -0.39 is 4.92 Å². The van der Waals surface area contributed by atoms with Gasteiger partial charge in [0.25, 0.3) is 5.69 Å². The van der Waals surface area contributed by atoms with Gasteiger partial charge in [0.05, 0.1) is 12.0 Å². The maximum absolute atomic E-state index is 10.8. The molecule has 0 bridgehead atoms. The lowest BCUT2D eigenvalue weighted by Crippen LogP contribution is -1.99. The molecule has 0 unspecified atom stereocenters. The highest BCUT2D eigenvalue weighted by Crippen LogP contribution is 2.30. The summed E-state index contributed by atoms with van der Waals surface area (Å²) in [6.07, 6.45) is 1.44. The number of non-ortho nitro benzene ring substituents is 1. The van der Waals surface area contributed by atoms with Crippen molar-refractivity contribution in [1.29, 1.82) is 10.5 Å². The van der Waals surface area contributed by atoms with Crippen LogP contribution in [0.1, 0.15) is 11.1 Å². The van der Waals surface area contributed by atoms with Gasteiger partial charge in [0, 0.05) is 12.1 Å². The number of hydrogen-bond acceptors (Lipinski definition) is 6. The van der Waals surface area contributed by atoms with E-state index in [1.165, 1.54) is 25.3 Å². The van der Waals surface area contributed by atoms with Crippen LogP contribution in [-0.2, 0) is 6.61 Å². The minimum atomic E-state index is -0.465. The van der Waals surface area contributed by atoms with Crippen molar-refractivity contribution < 1.29 is 14.4 Å². The Balaban J connectivity index is 2.19. The van der Waals surface area contributed by atoms with Crippen molar-refractivity contribution >= 4 is 11.8 Å². The van der Waals surface area contributed by atoms with Gasteiger partial charge in [0.1, 0.15) is 24.3 Å².